The van der Waals surface area contributed by atoms with Crippen molar-refractivity contribution in [2.75, 3.05) is 6.61 Å². The minimum absolute atomic E-state index is 0.0145. The molecule has 1 saturated heterocycles. The average molecular weight is 344 g/mol. The predicted octanol–water partition coefficient (Wildman–Crippen LogP) is 3.28. The van der Waals surface area contributed by atoms with E-state index in [0.29, 0.717) is 6.54 Å². The fraction of sp³-hybridized carbons (Fsp3) is 0.227. The summed E-state index contributed by atoms with van der Waals surface area (Å²) in [4.78, 5) is 14.6. The summed E-state index contributed by atoms with van der Waals surface area (Å²) in [6.45, 7) is 0.692. The monoisotopic (exact) mass is 344 g/mol. The molecular formula is C22H20N2O2. The van der Waals surface area contributed by atoms with Gasteiger partial charge in [-0.3, -0.25) is 4.79 Å². The molecule has 1 aliphatic heterocycles. The number of hydrogen-bond donors (Lipinski definition) is 0. The number of para-hydroxylation sites is 1. The van der Waals surface area contributed by atoms with Crippen LogP contribution in [-0.2, 0) is 23.1 Å². The maximum Gasteiger partial charge on any atom is 0.255 e. The van der Waals surface area contributed by atoms with Crippen LogP contribution in [0.25, 0.3) is 10.9 Å². The molecule has 0 radical (unpaired) electrons. The van der Waals surface area contributed by atoms with Crippen LogP contribution in [0.1, 0.15) is 17.3 Å². The van der Waals surface area contributed by atoms with E-state index in [-0.39, 0.29) is 18.6 Å². The minimum Gasteiger partial charge on any atom is -0.353 e. The molecule has 1 aromatic heterocycles. The Kier molecular flexibility index (Phi) is 4.24. The second-order valence-corrected chi connectivity index (χ2v) is 6.52. The lowest BCUT2D eigenvalue weighted by Crippen LogP contribution is -2.59. The highest BCUT2D eigenvalue weighted by molar-refractivity contribution is 5.90. The number of carbonyl (C=O) groups is 1. The summed E-state index contributed by atoms with van der Waals surface area (Å²) in [5.74, 6) is 2.45. The number of likely N-dealkylation sites (tertiary alicyclic amines) is 1. The van der Waals surface area contributed by atoms with Gasteiger partial charge in [0.1, 0.15) is 12.6 Å². The molecule has 0 saturated carbocycles. The van der Waals surface area contributed by atoms with E-state index < -0.39 is 6.10 Å². The van der Waals surface area contributed by atoms with Crippen molar-refractivity contribution >= 4 is 16.8 Å². The summed E-state index contributed by atoms with van der Waals surface area (Å²) >= 11 is 0. The van der Waals surface area contributed by atoms with E-state index in [0.717, 1.165) is 22.2 Å². The molecule has 2 aromatic carbocycles. The van der Waals surface area contributed by atoms with Crippen LogP contribution < -0.4 is 0 Å². The Hall–Kier alpha value is -3.03. The fourth-order valence-electron chi connectivity index (χ4n) is 3.68. The molecule has 1 aliphatic rings. The molecule has 4 nitrogen and oxygen atoms in total. The number of nitrogens with zero attached hydrogens (tertiary/aromatic N) is 2. The van der Waals surface area contributed by atoms with Crippen molar-refractivity contribution in [1.82, 2.24) is 9.47 Å². The quantitative estimate of drug-likeness (QED) is 0.526. The van der Waals surface area contributed by atoms with Crippen molar-refractivity contribution in [3.05, 3.63) is 71.9 Å². The summed E-state index contributed by atoms with van der Waals surface area (Å²) in [7, 11) is 2.03. The fourth-order valence-corrected chi connectivity index (χ4v) is 3.68. The Balaban J connectivity index is 1.71. The van der Waals surface area contributed by atoms with Gasteiger partial charge in [0.25, 0.3) is 5.91 Å². The number of aryl methyl sites for hydroxylation is 1. The molecule has 130 valence electrons. The van der Waals surface area contributed by atoms with Gasteiger partial charge in [0.2, 0.25) is 0 Å². The van der Waals surface area contributed by atoms with Gasteiger partial charge in [-0.2, -0.15) is 0 Å². The van der Waals surface area contributed by atoms with Gasteiger partial charge in [-0.1, -0.05) is 54.5 Å². The topological polar surface area (TPSA) is 34.5 Å². The number of hydrogen-bond acceptors (Lipinski definition) is 2. The molecule has 2 atom stereocenters. The van der Waals surface area contributed by atoms with Crippen LogP contribution in [-0.4, -0.2) is 28.1 Å². The zero-order valence-electron chi connectivity index (χ0n) is 14.6. The average Bonchev–Trinajstić information content (AvgIpc) is 3.00. The molecule has 4 rings (SSSR count). The summed E-state index contributed by atoms with van der Waals surface area (Å²) in [6, 6.07) is 20.2. The van der Waals surface area contributed by atoms with E-state index in [1.54, 1.807) is 0 Å². The summed E-state index contributed by atoms with van der Waals surface area (Å²) in [5, 5.41) is 1.15. The normalized spacial score (nSPS) is 19.4. The van der Waals surface area contributed by atoms with Crippen molar-refractivity contribution in [3.63, 3.8) is 0 Å². The van der Waals surface area contributed by atoms with Crippen LogP contribution in [0.15, 0.2) is 60.7 Å². The highest BCUT2D eigenvalue weighted by Gasteiger charge is 2.50. The minimum atomic E-state index is -0.530. The molecule has 0 unspecified atom stereocenters. The highest BCUT2D eigenvalue weighted by Crippen LogP contribution is 2.40. The lowest BCUT2D eigenvalue weighted by Gasteiger charge is -2.46. The van der Waals surface area contributed by atoms with Crippen LogP contribution in [0.2, 0.25) is 0 Å². The SMILES string of the molecule is C#CCO[C@H]1C(=O)N(Cc2ccccc2)[C@H]1c1cc2ccccc2n1C. The first kappa shape index (κ1) is 16.4. The molecule has 0 aliphatic carbocycles. The molecule has 1 fully saturated rings. The van der Waals surface area contributed by atoms with Gasteiger partial charge in [0, 0.05) is 24.8 Å². The number of aromatic nitrogens is 1. The molecule has 0 spiro atoms. The van der Waals surface area contributed by atoms with Crippen molar-refractivity contribution in [3.8, 4) is 12.3 Å². The number of benzene rings is 2. The molecule has 3 aromatic rings. The maximum absolute atomic E-state index is 12.7. The van der Waals surface area contributed by atoms with E-state index in [1.807, 2.05) is 54.4 Å². The molecule has 2 heterocycles. The number of rotatable bonds is 5. The van der Waals surface area contributed by atoms with Crippen molar-refractivity contribution in [2.24, 2.45) is 7.05 Å². The smallest absolute Gasteiger partial charge is 0.255 e. The van der Waals surface area contributed by atoms with E-state index in [9.17, 15) is 4.79 Å². The standard InChI is InChI=1S/C22H20N2O2/c1-3-13-26-21-20(19-14-17-11-7-8-12-18(17)23(19)2)24(22(21)25)15-16-9-5-4-6-10-16/h1,4-12,14,20-21H,13,15H2,2H3/t20-,21+/m0/s1. The number of β-lactam (4-membered cyclic amide) rings is 1. The van der Waals surface area contributed by atoms with E-state index >= 15 is 0 Å². The van der Waals surface area contributed by atoms with Gasteiger partial charge >= 0.3 is 0 Å². The number of amides is 1. The molecular weight excluding hydrogens is 324 g/mol. The summed E-state index contributed by atoms with van der Waals surface area (Å²) < 4.78 is 7.82. The van der Waals surface area contributed by atoms with Gasteiger partial charge in [0.05, 0.1) is 0 Å². The van der Waals surface area contributed by atoms with Crippen LogP contribution in [0.3, 0.4) is 0 Å². The Morgan fingerprint density at radius 1 is 1.12 bits per heavy atom. The molecule has 4 heteroatoms. The van der Waals surface area contributed by atoms with Crippen LogP contribution >= 0.6 is 0 Å². The zero-order chi connectivity index (χ0) is 18.1. The first-order valence-electron chi connectivity index (χ1n) is 8.64. The third-order valence-electron chi connectivity index (χ3n) is 4.98. The number of terminal acetylenes is 1. The number of ether oxygens (including phenoxy) is 1. The zero-order valence-corrected chi connectivity index (χ0v) is 14.6. The third kappa shape index (κ3) is 2.67. The molecule has 26 heavy (non-hydrogen) atoms. The second kappa shape index (κ2) is 6.70. The van der Waals surface area contributed by atoms with E-state index in [1.165, 1.54) is 0 Å². The third-order valence-corrected chi connectivity index (χ3v) is 4.98. The van der Waals surface area contributed by atoms with Gasteiger partial charge in [-0.25, -0.2) is 0 Å². The van der Waals surface area contributed by atoms with E-state index in [4.69, 9.17) is 11.2 Å². The number of fused-ring (bicyclic) bond motifs is 1. The second-order valence-electron chi connectivity index (χ2n) is 6.52. The lowest BCUT2D eigenvalue weighted by atomic mass is 9.93. The predicted molar refractivity (Wildman–Crippen MR) is 101 cm³/mol. The van der Waals surface area contributed by atoms with Crippen LogP contribution in [0, 0.1) is 12.3 Å². The molecule has 1 amide bonds. The van der Waals surface area contributed by atoms with Gasteiger partial charge < -0.3 is 14.2 Å². The van der Waals surface area contributed by atoms with Crippen molar-refractivity contribution in [1.29, 1.82) is 0 Å². The Bertz CT molecular complexity index is 984. The van der Waals surface area contributed by atoms with Gasteiger partial charge in [-0.15, -0.1) is 6.42 Å². The van der Waals surface area contributed by atoms with Gasteiger partial charge in [-0.05, 0) is 23.1 Å². The highest BCUT2D eigenvalue weighted by atomic mass is 16.5. The van der Waals surface area contributed by atoms with Gasteiger partial charge in [0.15, 0.2) is 6.10 Å². The Morgan fingerprint density at radius 3 is 2.58 bits per heavy atom. The largest absolute Gasteiger partial charge is 0.353 e. The lowest BCUT2D eigenvalue weighted by molar-refractivity contribution is -0.175. The summed E-state index contributed by atoms with van der Waals surface area (Å²) in [6.07, 6.45) is 4.80. The van der Waals surface area contributed by atoms with Crippen molar-refractivity contribution in [2.45, 2.75) is 18.7 Å². The summed E-state index contributed by atoms with van der Waals surface area (Å²) in [5.41, 5.74) is 3.29. The van der Waals surface area contributed by atoms with Crippen LogP contribution in [0.4, 0.5) is 0 Å². The molecule has 0 bridgehead atoms. The van der Waals surface area contributed by atoms with Crippen molar-refractivity contribution < 1.29 is 9.53 Å². The maximum atomic E-state index is 12.7. The Labute approximate surface area is 153 Å². The van der Waals surface area contributed by atoms with Crippen LogP contribution in [0.5, 0.6) is 0 Å². The number of carbonyl (C=O) groups excluding carboxylic acids is 1. The molecule has 0 N–H and O–H groups in total. The first-order valence-corrected chi connectivity index (χ1v) is 8.64. The first-order chi connectivity index (χ1) is 12.7. The van der Waals surface area contributed by atoms with E-state index in [2.05, 4.69) is 28.7 Å². The Morgan fingerprint density at radius 2 is 1.85 bits per heavy atom.